The van der Waals surface area contributed by atoms with Crippen molar-refractivity contribution in [3.63, 3.8) is 0 Å². The lowest BCUT2D eigenvalue weighted by molar-refractivity contribution is -0.150. The summed E-state index contributed by atoms with van der Waals surface area (Å²) in [5.74, 6) is -2.14. The largest absolute Gasteiger partial charge is 0.454 e. The lowest BCUT2D eigenvalue weighted by Crippen LogP contribution is -2.42. The number of aryl methyl sites for hydroxylation is 3. The second-order valence-electron chi connectivity index (χ2n) is 7.85. The summed E-state index contributed by atoms with van der Waals surface area (Å²) < 4.78 is 45.7. The van der Waals surface area contributed by atoms with E-state index in [4.69, 9.17) is 4.74 Å². The predicted molar refractivity (Wildman–Crippen MR) is 115 cm³/mol. The number of amides is 1. The predicted octanol–water partition coefficient (Wildman–Crippen LogP) is 2.06. The molecule has 2 unspecified atom stereocenters. The standard InChI is InChI=1S/C22H25FN2O6S/c1-13-5-7-18(8-15(13)3)32(29,30)25-11-17(26)10-20(25)22(28)31-12-21(27)24-16-6-4-14(2)19(23)9-16/h4-9,17,20,26H,10-12H2,1-3H3,(H,24,27). The molecule has 8 nitrogen and oxygen atoms in total. The zero-order valence-corrected chi connectivity index (χ0v) is 18.8. The van der Waals surface area contributed by atoms with E-state index < -0.39 is 46.5 Å². The number of rotatable bonds is 6. The number of aliphatic hydroxyl groups is 1. The third-order valence-corrected chi connectivity index (χ3v) is 7.26. The maximum absolute atomic E-state index is 13.6. The van der Waals surface area contributed by atoms with E-state index in [1.165, 1.54) is 24.3 Å². The number of nitrogens with zero attached hydrogens (tertiary/aromatic N) is 1. The summed E-state index contributed by atoms with van der Waals surface area (Å²) in [5.41, 5.74) is 2.30. The molecule has 1 amide bonds. The number of nitrogens with one attached hydrogen (secondary N) is 1. The van der Waals surface area contributed by atoms with Crippen LogP contribution in [0.15, 0.2) is 41.3 Å². The third-order valence-electron chi connectivity index (χ3n) is 5.39. The molecule has 0 aliphatic carbocycles. The minimum atomic E-state index is -4.07. The highest BCUT2D eigenvalue weighted by Gasteiger charge is 2.44. The maximum atomic E-state index is 13.6. The van der Waals surface area contributed by atoms with E-state index in [-0.39, 0.29) is 23.5 Å². The number of β-amino-alcohol motifs (C(OH)–C–C–N with tert-alkyl or cyclic N) is 1. The molecule has 1 aliphatic rings. The van der Waals surface area contributed by atoms with Gasteiger partial charge in [-0.15, -0.1) is 0 Å². The van der Waals surface area contributed by atoms with Crippen LogP contribution in [-0.4, -0.2) is 55.0 Å². The molecule has 0 radical (unpaired) electrons. The van der Waals surface area contributed by atoms with E-state index in [1.54, 1.807) is 19.9 Å². The summed E-state index contributed by atoms with van der Waals surface area (Å²) in [7, 11) is -4.07. The highest BCUT2D eigenvalue weighted by Crippen LogP contribution is 2.28. The average Bonchev–Trinajstić information content (AvgIpc) is 3.13. The van der Waals surface area contributed by atoms with Gasteiger partial charge in [0.2, 0.25) is 10.0 Å². The number of esters is 1. The molecule has 1 aliphatic heterocycles. The van der Waals surface area contributed by atoms with Gasteiger partial charge in [0, 0.05) is 18.7 Å². The summed E-state index contributed by atoms with van der Waals surface area (Å²) >= 11 is 0. The molecule has 2 aromatic carbocycles. The van der Waals surface area contributed by atoms with Gasteiger partial charge in [0.05, 0.1) is 11.0 Å². The smallest absolute Gasteiger partial charge is 0.325 e. The quantitative estimate of drug-likeness (QED) is 0.633. The molecule has 2 atom stereocenters. The molecule has 0 aromatic heterocycles. The summed E-state index contributed by atoms with van der Waals surface area (Å²) in [6.07, 6.45) is -1.19. The first-order valence-corrected chi connectivity index (χ1v) is 11.4. The number of aliphatic hydroxyl groups excluding tert-OH is 1. The molecule has 0 bridgehead atoms. The van der Waals surface area contributed by atoms with Crippen LogP contribution in [-0.2, 0) is 24.3 Å². The Kier molecular flexibility index (Phi) is 6.97. The van der Waals surface area contributed by atoms with Crippen molar-refractivity contribution in [2.24, 2.45) is 0 Å². The van der Waals surface area contributed by atoms with Crippen LogP contribution in [0.25, 0.3) is 0 Å². The van der Waals surface area contributed by atoms with Crippen molar-refractivity contribution < 1.29 is 32.2 Å². The van der Waals surface area contributed by atoms with Gasteiger partial charge in [0.25, 0.3) is 5.91 Å². The SMILES string of the molecule is Cc1ccc(S(=O)(=O)N2CC(O)CC2C(=O)OCC(=O)Nc2ccc(C)c(F)c2)cc1C. The van der Waals surface area contributed by atoms with Crippen LogP contribution in [0.3, 0.4) is 0 Å². The second-order valence-corrected chi connectivity index (χ2v) is 9.74. The summed E-state index contributed by atoms with van der Waals surface area (Å²) in [5, 5.41) is 12.4. The Bertz CT molecular complexity index is 1150. The molecule has 1 saturated heterocycles. The normalized spacial score (nSPS) is 19.0. The molecule has 10 heteroatoms. The Morgan fingerprint density at radius 2 is 1.81 bits per heavy atom. The van der Waals surface area contributed by atoms with Gasteiger partial charge in [-0.05, 0) is 61.7 Å². The molecule has 1 fully saturated rings. The van der Waals surface area contributed by atoms with Gasteiger partial charge in [0.1, 0.15) is 11.9 Å². The topological polar surface area (TPSA) is 113 Å². The highest BCUT2D eigenvalue weighted by atomic mass is 32.2. The minimum absolute atomic E-state index is 0.00615. The number of anilines is 1. The number of halogens is 1. The molecule has 1 heterocycles. The summed E-state index contributed by atoms with van der Waals surface area (Å²) in [6.45, 7) is 4.26. The van der Waals surface area contributed by atoms with E-state index >= 15 is 0 Å². The van der Waals surface area contributed by atoms with Crippen molar-refractivity contribution >= 4 is 27.6 Å². The molecule has 0 spiro atoms. The number of hydrogen-bond donors (Lipinski definition) is 2. The number of benzene rings is 2. The third kappa shape index (κ3) is 5.14. The molecule has 3 rings (SSSR count). The van der Waals surface area contributed by atoms with E-state index in [1.807, 2.05) is 6.92 Å². The number of hydrogen-bond acceptors (Lipinski definition) is 6. The Balaban J connectivity index is 1.68. The van der Waals surface area contributed by atoms with Crippen LogP contribution in [0.2, 0.25) is 0 Å². The van der Waals surface area contributed by atoms with Gasteiger partial charge in [-0.1, -0.05) is 12.1 Å². The van der Waals surface area contributed by atoms with Crippen molar-refractivity contribution in [3.05, 3.63) is 58.9 Å². The first-order valence-electron chi connectivity index (χ1n) is 9.99. The van der Waals surface area contributed by atoms with Crippen LogP contribution in [0.4, 0.5) is 10.1 Å². The van der Waals surface area contributed by atoms with Crippen LogP contribution in [0.5, 0.6) is 0 Å². The monoisotopic (exact) mass is 464 g/mol. The zero-order chi connectivity index (χ0) is 23.6. The van der Waals surface area contributed by atoms with Gasteiger partial charge in [0.15, 0.2) is 6.61 Å². The molecule has 32 heavy (non-hydrogen) atoms. The van der Waals surface area contributed by atoms with Crippen LogP contribution >= 0.6 is 0 Å². The molecule has 172 valence electrons. The second kappa shape index (κ2) is 9.35. The van der Waals surface area contributed by atoms with Gasteiger partial charge in [-0.3, -0.25) is 9.59 Å². The minimum Gasteiger partial charge on any atom is -0.454 e. The average molecular weight is 465 g/mol. The Morgan fingerprint density at radius 1 is 1.12 bits per heavy atom. The highest BCUT2D eigenvalue weighted by molar-refractivity contribution is 7.89. The Labute approximate surface area is 186 Å². The lowest BCUT2D eigenvalue weighted by Gasteiger charge is -2.22. The number of carbonyl (C=O) groups excluding carboxylic acids is 2. The zero-order valence-electron chi connectivity index (χ0n) is 18.0. The van der Waals surface area contributed by atoms with E-state index in [9.17, 15) is 27.5 Å². The van der Waals surface area contributed by atoms with E-state index in [2.05, 4.69) is 5.32 Å². The molecule has 2 N–H and O–H groups in total. The van der Waals surface area contributed by atoms with Crippen molar-refractivity contribution in [2.75, 3.05) is 18.5 Å². The van der Waals surface area contributed by atoms with E-state index in [0.717, 1.165) is 21.5 Å². The maximum Gasteiger partial charge on any atom is 0.325 e. The fourth-order valence-corrected chi connectivity index (χ4v) is 5.09. The Morgan fingerprint density at radius 3 is 2.47 bits per heavy atom. The van der Waals surface area contributed by atoms with Crippen molar-refractivity contribution in [1.82, 2.24) is 4.31 Å². The fourth-order valence-electron chi connectivity index (χ4n) is 3.37. The van der Waals surface area contributed by atoms with Gasteiger partial charge < -0.3 is 15.2 Å². The van der Waals surface area contributed by atoms with Crippen LogP contribution in [0.1, 0.15) is 23.1 Å². The summed E-state index contributed by atoms with van der Waals surface area (Å²) in [4.78, 5) is 24.7. The van der Waals surface area contributed by atoms with Crippen molar-refractivity contribution in [2.45, 2.75) is 44.2 Å². The van der Waals surface area contributed by atoms with Gasteiger partial charge in [-0.25, -0.2) is 12.8 Å². The number of sulfonamides is 1. The van der Waals surface area contributed by atoms with Crippen LogP contribution < -0.4 is 5.32 Å². The van der Waals surface area contributed by atoms with Crippen LogP contribution in [0, 0.1) is 26.6 Å². The molecular weight excluding hydrogens is 439 g/mol. The molecule has 0 saturated carbocycles. The van der Waals surface area contributed by atoms with Crippen molar-refractivity contribution in [1.29, 1.82) is 0 Å². The fraction of sp³-hybridized carbons (Fsp3) is 0.364. The Hall–Kier alpha value is -2.82. The summed E-state index contributed by atoms with van der Waals surface area (Å²) in [6, 6.07) is 7.49. The number of ether oxygens (including phenoxy) is 1. The van der Waals surface area contributed by atoms with Crippen molar-refractivity contribution in [3.8, 4) is 0 Å². The molecular formula is C22H25FN2O6S. The van der Waals surface area contributed by atoms with Gasteiger partial charge >= 0.3 is 5.97 Å². The molecule has 2 aromatic rings. The first-order chi connectivity index (χ1) is 15.0. The van der Waals surface area contributed by atoms with E-state index in [0.29, 0.717) is 5.56 Å². The number of carbonyl (C=O) groups is 2. The lowest BCUT2D eigenvalue weighted by atomic mass is 10.1. The van der Waals surface area contributed by atoms with Gasteiger partial charge in [-0.2, -0.15) is 4.31 Å². The first kappa shape index (κ1) is 23.8.